The molecule has 0 bridgehead atoms. The fourth-order valence-corrected chi connectivity index (χ4v) is 4.67. The number of likely N-dealkylation sites (tertiary alicyclic amines) is 1. The molecule has 4 rings (SSSR count). The maximum Gasteiger partial charge on any atom is 0.253 e. The highest BCUT2D eigenvalue weighted by atomic mass is 32.2. The molecular weight excluding hydrogens is 334 g/mol. The van der Waals surface area contributed by atoms with Crippen LogP contribution in [0.25, 0.3) is 10.9 Å². The summed E-state index contributed by atoms with van der Waals surface area (Å²) in [6, 6.07) is 7.75. The number of thioether (sulfide) groups is 1. The number of hydrogen-bond donors (Lipinski definition) is 1. The molecule has 3 heterocycles. The smallest absolute Gasteiger partial charge is 0.253 e. The fraction of sp³-hybridized carbons (Fsp3) is 0.474. The molecule has 2 fully saturated rings. The van der Waals surface area contributed by atoms with E-state index in [1.807, 2.05) is 52.0 Å². The summed E-state index contributed by atoms with van der Waals surface area (Å²) in [4.78, 5) is 32.7. The van der Waals surface area contributed by atoms with Crippen molar-refractivity contribution in [3.8, 4) is 0 Å². The highest BCUT2D eigenvalue weighted by molar-refractivity contribution is 7.99. The minimum Gasteiger partial charge on any atom is -0.361 e. The van der Waals surface area contributed by atoms with Gasteiger partial charge in [0.05, 0.1) is 5.92 Å². The molecule has 1 atom stereocenters. The van der Waals surface area contributed by atoms with Gasteiger partial charge in [-0.15, -0.1) is 0 Å². The molecule has 1 aromatic heterocycles. The van der Waals surface area contributed by atoms with Crippen molar-refractivity contribution in [1.29, 1.82) is 0 Å². The third-order valence-corrected chi connectivity index (χ3v) is 6.13. The molecule has 25 heavy (non-hydrogen) atoms. The van der Waals surface area contributed by atoms with Crippen LogP contribution in [0, 0.1) is 5.92 Å². The Balaban J connectivity index is 1.46. The largest absolute Gasteiger partial charge is 0.361 e. The lowest BCUT2D eigenvalue weighted by molar-refractivity contribution is -0.136. The van der Waals surface area contributed by atoms with Crippen molar-refractivity contribution >= 4 is 34.5 Å². The van der Waals surface area contributed by atoms with Gasteiger partial charge in [-0.05, 0) is 36.4 Å². The number of piperidine rings is 1. The summed E-state index contributed by atoms with van der Waals surface area (Å²) in [6.07, 6.45) is 3.67. The van der Waals surface area contributed by atoms with Gasteiger partial charge in [0, 0.05) is 55.0 Å². The number of hydrogen-bond acceptors (Lipinski definition) is 3. The van der Waals surface area contributed by atoms with E-state index >= 15 is 0 Å². The van der Waals surface area contributed by atoms with Gasteiger partial charge in [-0.25, -0.2) is 0 Å². The molecule has 132 valence electrons. The fourth-order valence-electron chi connectivity index (χ4n) is 3.77. The number of benzene rings is 1. The minimum atomic E-state index is -0.0463. The summed E-state index contributed by atoms with van der Waals surface area (Å²) in [6.45, 7) is 2.97. The number of fused-ring (bicyclic) bond motifs is 1. The standard InChI is InChI=1S/C19H23N3O2S/c23-18(15-4-3-14-5-6-20-17(14)12-15)22-7-1-2-16(13-22)19(24)21-8-10-25-11-9-21/h3-6,12,16,20H,1-2,7-11,13H2/t16-/m1/s1. The Morgan fingerprint density at radius 3 is 2.76 bits per heavy atom. The summed E-state index contributed by atoms with van der Waals surface area (Å²) in [5, 5.41) is 1.10. The number of carbonyl (C=O) groups excluding carboxylic acids is 2. The highest BCUT2D eigenvalue weighted by Crippen LogP contribution is 2.23. The van der Waals surface area contributed by atoms with Crippen LogP contribution < -0.4 is 0 Å². The molecular formula is C19H23N3O2S. The predicted molar refractivity (Wildman–Crippen MR) is 101 cm³/mol. The van der Waals surface area contributed by atoms with Gasteiger partial charge in [0.15, 0.2) is 0 Å². The predicted octanol–water partition coefficient (Wildman–Crippen LogP) is 2.60. The average Bonchev–Trinajstić information content (AvgIpc) is 3.15. The Labute approximate surface area is 151 Å². The zero-order chi connectivity index (χ0) is 17.2. The molecule has 0 saturated carbocycles. The van der Waals surface area contributed by atoms with Crippen LogP contribution in [-0.2, 0) is 4.79 Å². The Hall–Kier alpha value is -1.95. The van der Waals surface area contributed by atoms with E-state index in [1.54, 1.807) is 0 Å². The Kier molecular flexibility index (Phi) is 4.70. The monoisotopic (exact) mass is 357 g/mol. The SMILES string of the molecule is O=C(c1ccc2cc[nH]c2c1)N1CCC[C@@H](C(=O)N2CCSCC2)C1. The number of nitrogens with one attached hydrogen (secondary N) is 1. The van der Waals surface area contributed by atoms with Gasteiger partial charge in [-0.1, -0.05) is 6.07 Å². The van der Waals surface area contributed by atoms with E-state index < -0.39 is 0 Å². The maximum atomic E-state index is 12.9. The van der Waals surface area contributed by atoms with E-state index in [0.717, 1.165) is 54.9 Å². The van der Waals surface area contributed by atoms with E-state index in [-0.39, 0.29) is 17.7 Å². The summed E-state index contributed by atoms with van der Waals surface area (Å²) < 4.78 is 0. The van der Waals surface area contributed by atoms with Crippen molar-refractivity contribution < 1.29 is 9.59 Å². The van der Waals surface area contributed by atoms with Crippen LogP contribution >= 0.6 is 11.8 Å². The topological polar surface area (TPSA) is 56.4 Å². The van der Waals surface area contributed by atoms with Gasteiger partial charge in [0.1, 0.15) is 0 Å². The van der Waals surface area contributed by atoms with Gasteiger partial charge < -0.3 is 14.8 Å². The van der Waals surface area contributed by atoms with Gasteiger partial charge >= 0.3 is 0 Å². The van der Waals surface area contributed by atoms with Crippen LogP contribution in [0.1, 0.15) is 23.2 Å². The van der Waals surface area contributed by atoms with E-state index in [4.69, 9.17) is 0 Å². The summed E-state index contributed by atoms with van der Waals surface area (Å²) >= 11 is 1.91. The molecule has 1 aromatic carbocycles. The van der Waals surface area contributed by atoms with Crippen molar-refractivity contribution in [2.75, 3.05) is 37.7 Å². The number of rotatable bonds is 2. The third kappa shape index (κ3) is 3.40. The molecule has 2 aromatic rings. The van der Waals surface area contributed by atoms with Crippen LogP contribution in [0.2, 0.25) is 0 Å². The highest BCUT2D eigenvalue weighted by Gasteiger charge is 2.32. The molecule has 2 aliphatic rings. The number of carbonyl (C=O) groups is 2. The summed E-state index contributed by atoms with van der Waals surface area (Å²) in [5.41, 5.74) is 1.67. The summed E-state index contributed by atoms with van der Waals surface area (Å²) in [5.74, 6) is 2.27. The quantitative estimate of drug-likeness (QED) is 0.899. The second-order valence-electron chi connectivity index (χ2n) is 6.81. The molecule has 5 nitrogen and oxygen atoms in total. The number of H-pyrrole nitrogens is 1. The number of aromatic amines is 1. The van der Waals surface area contributed by atoms with E-state index in [9.17, 15) is 9.59 Å². The van der Waals surface area contributed by atoms with E-state index in [2.05, 4.69) is 4.98 Å². The number of aromatic nitrogens is 1. The maximum absolute atomic E-state index is 12.9. The zero-order valence-corrected chi connectivity index (χ0v) is 15.1. The van der Waals surface area contributed by atoms with Crippen LogP contribution in [0.15, 0.2) is 30.5 Å². The Morgan fingerprint density at radius 2 is 1.92 bits per heavy atom. The first-order valence-corrected chi connectivity index (χ1v) is 10.1. The van der Waals surface area contributed by atoms with Crippen molar-refractivity contribution in [3.05, 3.63) is 36.0 Å². The lowest BCUT2D eigenvalue weighted by Crippen LogP contribution is -2.48. The van der Waals surface area contributed by atoms with Crippen molar-refractivity contribution in [1.82, 2.24) is 14.8 Å². The molecule has 0 aliphatic carbocycles. The van der Waals surface area contributed by atoms with E-state index in [1.165, 1.54) is 0 Å². The molecule has 0 radical (unpaired) electrons. The number of amides is 2. The first-order valence-electron chi connectivity index (χ1n) is 8.95. The van der Waals surface area contributed by atoms with Crippen LogP contribution in [0.5, 0.6) is 0 Å². The third-order valence-electron chi connectivity index (χ3n) is 5.18. The molecule has 1 N–H and O–H groups in total. The number of nitrogens with zero attached hydrogens (tertiary/aromatic N) is 2. The lowest BCUT2D eigenvalue weighted by atomic mass is 9.95. The Bertz CT molecular complexity index is 782. The van der Waals surface area contributed by atoms with E-state index in [0.29, 0.717) is 12.1 Å². The molecule has 2 saturated heterocycles. The van der Waals surface area contributed by atoms with Crippen LogP contribution in [0.4, 0.5) is 0 Å². The van der Waals surface area contributed by atoms with Gasteiger partial charge in [-0.2, -0.15) is 11.8 Å². The minimum absolute atomic E-state index is 0.0307. The molecule has 2 aliphatic heterocycles. The van der Waals surface area contributed by atoms with Crippen molar-refractivity contribution in [2.45, 2.75) is 12.8 Å². The zero-order valence-electron chi connectivity index (χ0n) is 14.2. The van der Waals surface area contributed by atoms with Crippen LogP contribution in [0.3, 0.4) is 0 Å². The molecule has 6 heteroatoms. The average molecular weight is 357 g/mol. The van der Waals surface area contributed by atoms with Crippen molar-refractivity contribution in [3.63, 3.8) is 0 Å². The second-order valence-corrected chi connectivity index (χ2v) is 8.03. The Morgan fingerprint density at radius 1 is 1.08 bits per heavy atom. The lowest BCUT2D eigenvalue weighted by Gasteiger charge is -2.36. The second kappa shape index (κ2) is 7.12. The van der Waals surface area contributed by atoms with Crippen molar-refractivity contribution in [2.24, 2.45) is 5.92 Å². The molecule has 0 unspecified atom stereocenters. The first kappa shape index (κ1) is 16.5. The molecule has 0 spiro atoms. The van der Waals surface area contributed by atoms with Gasteiger partial charge in [0.2, 0.25) is 5.91 Å². The molecule has 2 amide bonds. The van der Waals surface area contributed by atoms with Gasteiger partial charge in [-0.3, -0.25) is 9.59 Å². The normalized spacial score (nSPS) is 21.5. The van der Waals surface area contributed by atoms with Gasteiger partial charge in [0.25, 0.3) is 5.91 Å². The summed E-state index contributed by atoms with van der Waals surface area (Å²) in [7, 11) is 0. The first-order chi connectivity index (χ1) is 12.2. The van der Waals surface area contributed by atoms with Crippen LogP contribution in [-0.4, -0.2) is 64.3 Å².